The molecule has 7 nitrogen and oxygen atoms in total. The first-order valence-electron chi connectivity index (χ1n) is 11.3. The lowest BCUT2D eigenvalue weighted by Gasteiger charge is -2.37. The van der Waals surface area contributed by atoms with Gasteiger partial charge in [-0.3, -0.25) is 10.2 Å². The normalized spacial score (nSPS) is 23.4. The summed E-state index contributed by atoms with van der Waals surface area (Å²) < 4.78 is 0. The number of rotatable bonds is 6. The quantitative estimate of drug-likeness (QED) is 0.657. The third kappa shape index (κ3) is 4.08. The summed E-state index contributed by atoms with van der Waals surface area (Å²) in [6, 6.07) is 17.2. The van der Waals surface area contributed by atoms with Crippen molar-refractivity contribution in [2.75, 3.05) is 0 Å². The molecule has 166 valence electrons. The Morgan fingerprint density at radius 2 is 2.00 bits per heavy atom. The fourth-order valence-electron chi connectivity index (χ4n) is 4.76. The van der Waals surface area contributed by atoms with Crippen molar-refractivity contribution in [1.82, 2.24) is 26.1 Å². The number of hydrogen-bond acceptors (Lipinski definition) is 6. The van der Waals surface area contributed by atoms with Gasteiger partial charge in [0.15, 0.2) is 0 Å². The van der Waals surface area contributed by atoms with Gasteiger partial charge in [0, 0.05) is 31.8 Å². The molecule has 0 bridgehead atoms. The second-order valence-corrected chi connectivity index (χ2v) is 8.82. The highest BCUT2D eigenvalue weighted by molar-refractivity contribution is 5.89. The van der Waals surface area contributed by atoms with E-state index in [1.165, 1.54) is 16.7 Å². The van der Waals surface area contributed by atoms with Crippen LogP contribution in [-0.4, -0.2) is 33.9 Å². The number of aryl methyl sites for hydroxylation is 2. The van der Waals surface area contributed by atoms with Crippen LogP contribution in [0, 0.1) is 13.8 Å². The van der Waals surface area contributed by atoms with Crippen LogP contribution in [0.15, 0.2) is 66.0 Å². The van der Waals surface area contributed by atoms with Gasteiger partial charge >= 0.3 is 0 Å². The molecule has 5 rings (SSSR count). The summed E-state index contributed by atoms with van der Waals surface area (Å²) in [5.74, 6) is 0.955. The Morgan fingerprint density at radius 3 is 2.84 bits per heavy atom. The van der Waals surface area contributed by atoms with E-state index in [-0.39, 0.29) is 24.2 Å². The molecule has 32 heavy (non-hydrogen) atoms. The first-order chi connectivity index (χ1) is 15.6. The number of hydrazone groups is 1. The minimum absolute atomic E-state index is 0.0418. The second kappa shape index (κ2) is 8.67. The number of nitrogens with one attached hydrogen (secondary N) is 3. The van der Waals surface area contributed by atoms with Crippen LogP contribution >= 0.6 is 0 Å². The van der Waals surface area contributed by atoms with Gasteiger partial charge in [-0.15, -0.1) is 0 Å². The largest absolute Gasteiger partial charge is 0.352 e. The zero-order chi connectivity index (χ0) is 22.1. The van der Waals surface area contributed by atoms with E-state index in [1.54, 1.807) is 0 Å². The summed E-state index contributed by atoms with van der Waals surface area (Å²) in [6.45, 7) is 4.87. The Bertz CT molecular complexity index is 1050. The fraction of sp³-hybridized carbons (Fsp3) is 0.360. The van der Waals surface area contributed by atoms with Crippen molar-refractivity contribution in [2.24, 2.45) is 5.10 Å². The molecule has 0 aromatic heterocycles. The molecule has 3 aliphatic rings. The highest BCUT2D eigenvalue weighted by Gasteiger charge is 2.44. The van der Waals surface area contributed by atoms with Crippen molar-refractivity contribution in [1.29, 1.82) is 0 Å². The average Bonchev–Trinajstić information content (AvgIpc) is 3.42. The topological polar surface area (TPSA) is 72.0 Å². The van der Waals surface area contributed by atoms with Crippen LogP contribution in [0.4, 0.5) is 0 Å². The van der Waals surface area contributed by atoms with Crippen LogP contribution in [0.2, 0.25) is 0 Å². The third-order valence-electron chi connectivity index (χ3n) is 6.53. The van der Waals surface area contributed by atoms with Crippen molar-refractivity contribution >= 4 is 11.7 Å². The number of fused-ring (bicyclic) bond motifs is 3. The number of amidine groups is 1. The van der Waals surface area contributed by atoms with Gasteiger partial charge in [-0.25, -0.2) is 5.43 Å². The highest BCUT2D eigenvalue weighted by Crippen LogP contribution is 2.35. The summed E-state index contributed by atoms with van der Waals surface area (Å²) >= 11 is 0. The lowest BCUT2D eigenvalue weighted by atomic mass is 9.95. The van der Waals surface area contributed by atoms with E-state index in [9.17, 15) is 4.79 Å². The van der Waals surface area contributed by atoms with Crippen LogP contribution in [0.5, 0.6) is 0 Å². The minimum Gasteiger partial charge on any atom is -0.352 e. The summed E-state index contributed by atoms with van der Waals surface area (Å²) in [6.07, 6.45) is 6.23. The Labute approximate surface area is 189 Å². The van der Waals surface area contributed by atoms with E-state index in [2.05, 4.69) is 75.6 Å². The van der Waals surface area contributed by atoms with E-state index in [0.29, 0.717) is 19.4 Å². The summed E-state index contributed by atoms with van der Waals surface area (Å²) in [4.78, 5) is 14.5. The third-order valence-corrected chi connectivity index (χ3v) is 6.53. The summed E-state index contributed by atoms with van der Waals surface area (Å²) in [7, 11) is 0. The molecule has 3 atom stereocenters. The van der Waals surface area contributed by atoms with Crippen molar-refractivity contribution < 1.29 is 4.79 Å². The molecular weight excluding hydrogens is 400 g/mol. The number of carbonyl (C=O) groups excluding carboxylic acids is 1. The SMILES string of the molecule is Cc1ccc(C)c(C2CC3C4NN=C(CCC(=O)NCc5ccccc5)N4C=CN3N2)c1. The van der Waals surface area contributed by atoms with Crippen LogP contribution in [0.3, 0.4) is 0 Å². The highest BCUT2D eigenvalue weighted by atomic mass is 16.1. The molecule has 3 heterocycles. The standard InChI is InChI=1S/C25H30N6O/c1-17-8-9-18(2)20(14-17)21-15-22-25-28-27-23(30(25)12-13-31(22)29-21)10-11-24(32)26-16-19-6-4-3-5-7-19/h3-9,12-14,21-22,25,28-29H,10-11,15-16H2,1-2H3,(H,26,32). The van der Waals surface area contributed by atoms with Crippen LogP contribution in [-0.2, 0) is 11.3 Å². The van der Waals surface area contributed by atoms with Crippen molar-refractivity contribution in [3.63, 3.8) is 0 Å². The van der Waals surface area contributed by atoms with E-state index in [4.69, 9.17) is 0 Å². The van der Waals surface area contributed by atoms with E-state index in [1.807, 2.05) is 30.3 Å². The molecular formula is C25H30N6O. The van der Waals surface area contributed by atoms with Gasteiger partial charge in [0.1, 0.15) is 12.0 Å². The molecule has 0 radical (unpaired) electrons. The monoisotopic (exact) mass is 430 g/mol. The first kappa shape index (κ1) is 20.6. The maximum absolute atomic E-state index is 12.3. The molecule has 7 heteroatoms. The van der Waals surface area contributed by atoms with Crippen LogP contribution < -0.4 is 16.2 Å². The lowest BCUT2D eigenvalue weighted by Crippen LogP contribution is -2.54. The molecule has 0 aliphatic carbocycles. The molecule has 3 N–H and O–H groups in total. The van der Waals surface area contributed by atoms with Gasteiger partial charge in [0.05, 0.1) is 12.1 Å². The van der Waals surface area contributed by atoms with Crippen molar-refractivity contribution in [2.45, 2.75) is 57.9 Å². The van der Waals surface area contributed by atoms with Gasteiger partial charge in [0.25, 0.3) is 0 Å². The zero-order valence-electron chi connectivity index (χ0n) is 18.6. The molecule has 1 fully saturated rings. The number of hydrogen-bond donors (Lipinski definition) is 3. The molecule has 0 saturated carbocycles. The first-order valence-corrected chi connectivity index (χ1v) is 11.3. The number of hydrazine groups is 1. The van der Waals surface area contributed by atoms with Gasteiger partial charge in [-0.05, 0) is 37.0 Å². The summed E-state index contributed by atoms with van der Waals surface area (Å²) in [5.41, 5.74) is 12.0. The second-order valence-electron chi connectivity index (χ2n) is 8.82. The molecule has 3 unspecified atom stereocenters. The van der Waals surface area contributed by atoms with Gasteiger partial charge in [-0.2, -0.15) is 5.10 Å². The lowest BCUT2D eigenvalue weighted by molar-refractivity contribution is -0.121. The van der Waals surface area contributed by atoms with Crippen molar-refractivity contribution in [3.05, 3.63) is 83.2 Å². The Morgan fingerprint density at radius 1 is 1.16 bits per heavy atom. The maximum atomic E-state index is 12.3. The fourth-order valence-corrected chi connectivity index (χ4v) is 4.76. The minimum atomic E-state index is 0.0418. The Kier molecular flexibility index (Phi) is 5.57. The predicted molar refractivity (Wildman–Crippen MR) is 125 cm³/mol. The maximum Gasteiger partial charge on any atom is 0.220 e. The number of amides is 1. The van der Waals surface area contributed by atoms with Gasteiger partial charge in [-0.1, -0.05) is 54.1 Å². The molecule has 1 saturated heterocycles. The molecule has 1 amide bonds. The molecule has 2 aromatic rings. The smallest absolute Gasteiger partial charge is 0.220 e. The Hall–Kier alpha value is -3.32. The number of carbonyl (C=O) groups is 1. The van der Waals surface area contributed by atoms with Crippen molar-refractivity contribution in [3.8, 4) is 0 Å². The average molecular weight is 431 g/mol. The molecule has 3 aliphatic heterocycles. The molecule has 0 spiro atoms. The van der Waals surface area contributed by atoms with E-state index < -0.39 is 0 Å². The zero-order valence-corrected chi connectivity index (χ0v) is 18.6. The van der Waals surface area contributed by atoms with Crippen LogP contribution in [0.1, 0.15) is 47.6 Å². The molecule has 2 aromatic carbocycles. The Balaban J connectivity index is 1.17. The van der Waals surface area contributed by atoms with Gasteiger partial charge in [0.2, 0.25) is 5.91 Å². The van der Waals surface area contributed by atoms with E-state index >= 15 is 0 Å². The van der Waals surface area contributed by atoms with Gasteiger partial charge < -0.3 is 15.2 Å². The number of nitrogens with zero attached hydrogens (tertiary/aromatic N) is 3. The summed E-state index contributed by atoms with van der Waals surface area (Å²) in [5, 5.41) is 9.76. The number of benzene rings is 2. The van der Waals surface area contributed by atoms with E-state index in [0.717, 1.165) is 17.8 Å². The predicted octanol–water partition coefficient (Wildman–Crippen LogP) is 3.05. The van der Waals surface area contributed by atoms with Crippen LogP contribution in [0.25, 0.3) is 0 Å².